The predicted molar refractivity (Wildman–Crippen MR) is 71.3 cm³/mol. The van der Waals surface area contributed by atoms with Gasteiger partial charge in [-0.2, -0.15) is 0 Å². The Balaban J connectivity index is 2.41. The van der Waals surface area contributed by atoms with Crippen LogP contribution in [0.15, 0.2) is 0 Å². The van der Waals surface area contributed by atoms with Crippen molar-refractivity contribution in [3.05, 3.63) is 0 Å². The fraction of sp³-hybridized carbons (Fsp3) is 0.923. The number of ether oxygens (including phenoxy) is 1. The van der Waals surface area contributed by atoms with E-state index < -0.39 is 0 Å². The van der Waals surface area contributed by atoms with E-state index in [1.165, 1.54) is 6.42 Å². The average molecular weight is 241 g/mol. The van der Waals surface area contributed by atoms with E-state index in [0.29, 0.717) is 12.0 Å². The molecule has 0 amide bonds. The van der Waals surface area contributed by atoms with Crippen LogP contribution < -0.4 is 5.73 Å². The van der Waals surface area contributed by atoms with Crippen LogP contribution >= 0.6 is 0 Å². The van der Waals surface area contributed by atoms with Crippen molar-refractivity contribution in [3.8, 4) is 0 Å². The summed E-state index contributed by atoms with van der Waals surface area (Å²) in [5.74, 6) is 0.934. The molecule has 2 unspecified atom stereocenters. The Labute approximate surface area is 105 Å². The smallest absolute Gasteiger partial charge is 0.0963 e. The normalized spacial score (nSPS) is 27.1. The number of hydrogen-bond acceptors (Lipinski definition) is 3. The largest absolute Gasteiger partial charge is 0.387 e. The molecule has 1 heterocycles. The van der Waals surface area contributed by atoms with Gasteiger partial charge in [-0.3, -0.25) is 5.41 Å². The van der Waals surface area contributed by atoms with Crippen LogP contribution in [-0.2, 0) is 4.74 Å². The summed E-state index contributed by atoms with van der Waals surface area (Å²) < 4.78 is 5.50. The summed E-state index contributed by atoms with van der Waals surface area (Å²) in [5, 5.41) is 7.56. The topological polar surface area (TPSA) is 62.3 Å². The van der Waals surface area contributed by atoms with Gasteiger partial charge >= 0.3 is 0 Å². The highest BCUT2D eigenvalue weighted by molar-refractivity contribution is 5.82. The van der Waals surface area contributed by atoms with Gasteiger partial charge in [0.25, 0.3) is 0 Å². The van der Waals surface area contributed by atoms with Crippen LogP contribution in [0.25, 0.3) is 0 Å². The Morgan fingerprint density at radius 3 is 2.71 bits per heavy atom. The first-order chi connectivity index (χ1) is 7.86. The molecule has 3 N–H and O–H groups in total. The number of hydrogen-bond donors (Lipinski definition) is 2. The molecule has 0 radical (unpaired) electrons. The van der Waals surface area contributed by atoms with Gasteiger partial charge in [0, 0.05) is 19.1 Å². The zero-order chi connectivity index (χ0) is 13.1. The minimum absolute atomic E-state index is 0.189. The second-order valence-corrected chi connectivity index (χ2v) is 5.89. The first-order valence-corrected chi connectivity index (χ1v) is 6.46. The van der Waals surface area contributed by atoms with E-state index in [1.807, 2.05) is 13.8 Å². The lowest BCUT2D eigenvalue weighted by atomic mass is 9.87. The van der Waals surface area contributed by atoms with Gasteiger partial charge in [0.2, 0.25) is 0 Å². The number of piperidine rings is 1. The lowest BCUT2D eigenvalue weighted by molar-refractivity contribution is -0.00662. The first kappa shape index (κ1) is 14.5. The predicted octanol–water partition coefficient (Wildman–Crippen LogP) is 1.70. The average Bonchev–Trinajstić information content (AvgIpc) is 2.28. The standard InChI is InChI=1S/C13H27N3O/c1-10-5-7-16(9-11(10)17-4)8-6-13(2,3)12(14)15/h10-11H,5-9H2,1-4H3,(H3,14,15). The maximum atomic E-state index is 7.56. The van der Waals surface area contributed by atoms with Crippen molar-refractivity contribution >= 4 is 5.84 Å². The Hall–Kier alpha value is -0.610. The third-order valence-electron chi connectivity index (χ3n) is 4.06. The molecule has 4 heteroatoms. The van der Waals surface area contributed by atoms with Crippen molar-refractivity contribution in [2.75, 3.05) is 26.7 Å². The van der Waals surface area contributed by atoms with Gasteiger partial charge in [-0.25, -0.2) is 0 Å². The number of likely N-dealkylation sites (tertiary alicyclic amines) is 1. The zero-order valence-electron chi connectivity index (χ0n) is 11.6. The molecular formula is C13H27N3O. The quantitative estimate of drug-likeness (QED) is 0.569. The fourth-order valence-corrected chi connectivity index (χ4v) is 2.18. The molecule has 0 spiro atoms. The highest BCUT2D eigenvalue weighted by atomic mass is 16.5. The van der Waals surface area contributed by atoms with E-state index in [9.17, 15) is 0 Å². The molecule has 0 bridgehead atoms. The van der Waals surface area contributed by atoms with Crippen LogP contribution in [0, 0.1) is 16.7 Å². The van der Waals surface area contributed by atoms with Crippen LogP contribution in [-0.4, -0.2) is 43.6 Å². The van der Waals surface area contributed by atoms with Gasteiger partial charge < -0.3 is 15.4 Å². The van der Waals surface area contributed by atoms with Gasteiger partial charge in [-0.1, -0.05) is 20.8 Å². The second kappa shape index (κ2) is 5.83. The SMILES string of the molecule is COC1CN(CCC(C)(C)C(=N)N)CCC1C. The molecule has 1 fully saturated rings. The molecule has 1 rings (SSSR count). The summed E-state index contributed by atoms with van der Waals surface area (Å²) in [4.78, 5) is 2.43. The third-order valence-corrected chi connectivity index (χ3v) is 4.06. The molecule has 0 saturated carbocycles. The number of nitrogens with zero attached hydrogens (tertiary/aromatic N) is 1. The van der Waals surface area contributed by atoms with E-state index in [2.05, 4.69) is 11.8 Å². The van der Waals surface area contributed by atoms with Crippen molar-refractivity contribution < 1.29 is 4.74 Å². The third kappa shape index (κ3) is 3.96. The molecule has 0 aromatic carbocycles. The molecule has 4 nitrogen and oxygen atoms in total. The summed E-state index contributed by atoms with van der Waals surface area (Å²) in [5.41, 5.74) is 5.41. The summed E-state index contributed by atoms with van der Waals surface area (Å²) >= 11 is 0. The van der Waals surface area contributed by atoms with Crippen LogP contribution in [0.2, 0.25) is 0 Å². The number of nitrogens with one attached hydrogen (secondary N) is 1. The molecule has 1 aliphatic heterocycles. The number of amidine groups is 1. The minimum atomic E-state index is -0.189. The molecule has 17 heavy (non-hydrogen) atoms. The van der Waals surface area contributed by atoms with Gasteiger partial charge in [0.05, 0.1) is 11.9 Å². The van der Waals surface area contributed by atoms with Crippen LogP contribution in [0.1, 0.15) is 33.6 Å². The Morgan fingerprint density at radius 2 is 2.18 bits per heavy atom. The molecule has 100 valence electrons. The van der Waals surface area contributed by atoms with Gasteiger partial charge in [0.15, 0.2) is 0 Å². The molecule has 0 aliphatic carbocycles. The molecule has 0 aromatic rings. The van der Waals surface area contributed by atoms with E-state index in [-0.39, 0.29) is 11.3 Å². The highest BCUT2D eigenvalue weighted by Crippen LogP contribution is 2.23. The first-order valence-electron chi connectivity index (χ1n) is 6.46. The van der Waals surface area contributed by atoms with E-state index in [4.69, 9.17) is 15.9 Å². The Kier molecular flexibility index (Phi) is 4.95. The van der Waals surface area contributed by atoms with Crippen molar-refractivity contribution in [3.63, 3.8) is 0 Å². The number of methoxy groups -OCH3 is 1. The van der Waals surface area contributed by atoms with E-state index in [1.54, 1.807) is 7.11 Å². The maximum absolute atomic E-state index is 7.56. The van der Waals surface area contributed by atoms with Crippen LogP contribution in [0.3, 0.4) is 0 Å². The number of rotatable bonds is 5. The minimum Gasteiger partial charge on any atom is -0.387 e. The summed E-state index contributed by atoms with van der Waals surface area (Å²) in [6.07, 6.45) is 2.48. The molecular weight excluding hydrogens is 214 g/mol. The van der Waals surface area contributed by atoms with Gasteiger partial charge in [-0.15, -0.1) is 0 Å². The summed E-state index contributed by atoms with van der Waals surface area (Å²) in [7, 11) is 1.80. The van der Waals surface area contributed by atoms with Crippen molar-refractivity contribution in [1.29, 1.82) is 5.41 Å². The van der Waals surface area contributed by atoms with E-state index in [0.717, 1.165) is 26.1 Å². The molecule has 0 aromatic heterocycles. The van der Waals surface area contributed by atoms with Crippen molar-refractivity contribution in [2.24, 2.45) is 17.1 Å². The zero-order valence-corrected chi connectivity index (χ0v) is 11.6. The Bertz CT molecular complexity index is 265. The summed E-state index contributed by atoms with van der Waals surface area (Å²) in [6, 6.07) is 0. The van der Waals surface area contributed by atoms with E-state index >= 15 is 0 Å². The van der Waals surface area contributed by atoms with Crippen LogP contribution in [0.4, 0.5) is 0 Å². The fourth-order valence-electron chi connectivity index (χ4n) is 2.18. The maximum Gasteiger partial charge on any atom is 0.0963 e. The van der Waals surface area contributed by atoms with Gasteiger partial charge in [0.1, 0.15) is 0 Å². The highest BCUT2D eigenvalue weighted by Gasteiger charge is 2.28. The Morgan fingerprint density at radius 1 is 1.53 bits per heavy atom. The summed E-state index contributed by atoms with van der Waals surface area (Å²) in [6.45, 7) is 9.47. The lowest BCUT2D eigenvalue weighted by Gasteiger charge is -2.37. The number of nitrogens with two attached hydrogens (primary N) is 1. The molecule has 1 aliphatic rings. The van der Waals surface area contributed by atoms with Gasteiger partial charge in [-0.05, 0) is 31.8 Å². The second-order valence-electron chi connectivity index (χ2n) is 5.89. The van der Waals surface area contributed by atoms with Crippen LogP contribution in [0.5, 0.6) is 0 Å². The lowest BCUT2D eigenvalue weighted by Crippen LogP contribution is -2.45. The molecule has 1 saturated heterocycles. The molecule has 2 atom stereocenters. The monoisotopic (exact) mass is 241 g/mol. The van der Waals surface area contributed by atoms with Crippen molar-refractivity contribution in [1.82, 2.24) is 4.90 Å². The van der Waals surface area contributed by atoms with Crippen molar-refractivity contribution in [2.45, 2.75) is 39.7 Å².